The van der Waals surface area contributed by atoms with Crippen LogP contribution in [0.2, 0.25) is 0 Å². The maximum atomic E-state index is 9.18. The van der Waals surface area contributed by atoms with Gasteiger partial charge in [-0.3, -0.25) is 4.79 Å². The number of ether oxygens (including phenoxy) is 1. The summed E-state index contributed by atoms with van der Waals surface area (Å²) >= 11 is 0. The van der Waals surface area contributed by atoms with Crippen molar-refractivity contribution in [2.75, 3.05) is 6.61 Å². The monoisotopic (exact) mass is 346 g/mol. The van der Waals surface area contributed by atoms with E-state index in [4.69, 9.17) is 0 Å². The minimum absolute atomic E-state index is 0.431. The van der Waals surface area contributed by atoms with Crippen LogP contribution in [0.1, 0.15) is 6.92 Å². The Morgan fingerprint density at radius 3 is 2.35 bits per heavy atom. The van der Waals surface area contributed by atoms with Gasteiger partial charge in [-0.2, -0.15) is 0 Å². The van der Waals surface area contributed by atoms with E-state index in [2.05, 4.69) is 88.0 Å². The second-order valence-corrected chi connectivity index (χ2v) is 5.86. The van der Waals surface area contributed by atoms with E-state index in [-0.39, 0.29) is 0 Å². The highest BCUT2D eigenvalue weighted by Crippen LogP contribution is 2.31. The summed E-state index contributed by atoms with van der Waals surface area (Å²) in [6.45, 7) is 2.66. The molecule has 0 amide bonds. The molecule has 2 aromatic carbocycles. The molecular weight excluding hydrogens is 324 g/mol. The van der Waals surface area contributed by atoms with Crippen LogP contribution in [0, 0.1) is 0 Å². The molecule has 0 unspecified atom stereocenters. The predicted octanol–water partition coefficient (Wildman–Crippen LogP) is 4.82. The fourth-order valence-electron chi connectivity index (χ4n) is 2.96. The van der Waals surface area contributed by atoms with E-state index in [1.54, 1.807) is 6.92 Å². The number of carbonyl (C=O) groups is 1. The summed E-state index contributed by atoms with van der Waals surface area (Å²) in [5, 5.41) is 1.29. The second kappa shape index (κ2) is 8.21. The van der Waals surface area contributed by atoms with Crippen molar-refractivity contribution < 1.29 is 9.53 Å². The first-order chi connectivity index (χ1) is 12.7. The Hall–Kier alpha value is -3.27. The lowest BCUT2D eigenvalue weighted by molar-refractivity contribution is -0.128. The summed E-state index contributed by atoms with van der Waals surface area (Å²) in [5.41, 5.74) is 4.98. The molecule has 4 nitrogen and oxygen atoms in total. The van der Waals surface area contributed by atoms with Crippen LogP contribution in [0.5, 0.6) is 0 Å². The number of aromatic nitrogens is 2. The highest BCUT2D eigenvalue weighted by molar-refractivity contribution is 5.97. The average molecular weight is 346 g/mol. The number of fused-ring (bicyclic) bond motifs is 1. The number of hydrogen-bond donors (Lipinski definition) is 0. The van der Waals surface area contributed by atoms with E-state index in [9.17, 15) is 4.79 Å². The van der Waals surface area contributed by atoms with Crippen LogP contribution < -0.4 is 0 Å². The first kappa shape index (κ1) is 17.5. The van der Waals surface area contributed by atoms with E-state index in [1.165, 1.54) is 27.7 Å². The molecule has 0 bridgehead atoms. The molecule has 0 radical (unpaired) electrons. The number of aryl methyl sites for hydroxylation is 1. The maximum absolute atomic E-state index is 9.18. The Kier molecular flexibility index (Phi) is 5.54. The predicted molar refractivity (Wildman–Crippen MR) is 105 cm³/mol. The summed E-state index contributed by atoms with van der Waals surface area (Å²) in [5.74, 6) is 0. The molecule has 0 aliphatic rings. The molecule has 0 saturated carbocycles. The lowest BCUT2D eigenvalue weighted by Gasteiger charge is -2.05. The molecule has 0 atom stereocenters. The molecule has 4 aromatic rings. The van der Waals surface area contributed by atoms with Gasteiger partial charge in [0.1, 0.15) is 0 Å². The largest absolute Gasteiger partial charge is 0.468 e. The lowest BCUT2D eigenvalue weighted by Crippen LogP contribution is -1.90. The van der Waals surface area contributed by atoms with Gasteiger partial charge in [0.25, 0.3) is 6.47 Å². The normalized spacial score (nSPS) is 10.2. The first-order valence-corrected chi connectivity index (χ1v) is 8.57. The van der Waals surface area contributed by atoms with Crippen molar-refractivity contribution >= 4 is 17.4 Å². The zero-order valence-corrected chi connectivity index (χ0v) is 15.0. The Bertz CT molecular complexity index is 970. The van der Waals surface area contributed by atoms with Gasteiger partial charge in [-0.1, -0.05) is 30.3 Å². The Morgan fingerprint density at radius 1 is 1.00 bits per heavy atom. The molecule has 4 heteroatoms. The third kappa shape index (κ3) is 3.70. The van der Waals surface area contributed by atoms with E-state index >= 15 is 0 Å². The summed E-state index contributed by atoms with van der Waals surface area (Å²) in [4.78, 5) is 9.18. The maximum Gasteiger partial charge on any atom is 0.293 e. The lowest BCUT2D eigenvalue weighted by atomic mass is 10.0. The van der Waals surface area contributed by atoms with Gasteiger partial charge in [-0.25, -0.2) is 0 Å². The molecule has 4 rings (SSSR count). The fourth-order valence-corrected chi connectivity index (χ4v) is 2.96. The molecule has 2 heterocycles. The molecule has 0 fully saturated rings. The molecule has 0 aliphatic heterocycles. The van der Waals surface area contributed by atoms with Gasteiger partial charge in [0.15, 0.2) is 0 Å². The van der Waals surface area contributed by atoms with Crippen LogP contribution in [-0.4, -0.2) is 22.2 Å². The Balaban J connectivity index is 0.000000349. The molecular formula is C22H22N2O2. The van der Waals surface area contributed by atoms with E-state index in [0.29, 0.717) is 13.1 Å². The van der Waals surface area contributed by atoms with Gasteiger partial charge in [0, 0.05) is 47.8 Å². The topological polar surface area (TPSA) is 36.2 Å². The summed E-state index contributed by atoms with van der Waals surface area (Å²) in [7, 11) is 2.10. The summed E-state index contributed by atoms with van der Waals surface area (Å²) < 4.78 is 8.48. The van der Waals surface area contributed by atoms with Crippen molar-refractivity contribution in [1.82, 2.24) is 9.13 Å². The molecule has 132 valence electrons. The van der Waals surface area contributed by atoms with Crippen LogP contribution in [0.4, 0.5) is 0 Å². The highest BCUT2D eigenvalue weighted by atomic mass is 16.5. The number of rotatable bonds is 4. The quantitative estimate of drug-likeness (QED) is 0.497. The van der Waals surface area contributed by atoms with Crippen molar-refractivity contribution in [2.45, 2.75) is 6.92 Å². The van der Waals surface area contributed by atoms with Gasteiger partial charge < -0.3 is 13.9 Å². The molecule has 0 N–H and O–H groups in total. The van der Waals surface area contributed by atoms with Crippen LogP contribution in [0.15, 0.2) is 79.3 Å². The van der Waals surface area contributed by atoms with E-state index in [1.807, 2.05) is 12.1 Å². The number of benzene rings is 2. The third-order valence-electron chi connectivity index (χ3n) is 4.20. The van der Waals surface area contributed by atoms with Crippen molar-refractivity contribution in [3.05, 3.63) is 79.3 Å². The fraction of sp³-hybridized carbons (Fsp3) is 0.136. The third-order valence-corrected chi connectivity index (χ3v) is 4.20. The van der Waals surface area contributed by atoms with Crippen LogP contribution in [-0.2, 0) is 16.6 Å². The zero-order valence-electron chi connectivity index (χ0n) is 15.0. The molecule has 0 aliphatic carbocycles. The molecule has 0 saturated heterocycles. The van der Waals surface area contributed by atoms with E-state index in [0.717, 1.165) is 0 Å². The van der Waals surface area contributed by atoms with Crippen LogP contribution in [0.3, 0.4) is 0 Å². The highest BCUT2D eigenvalue weighted by Gasteiger charge is 2.09. The second-order valence-electron chi connectivity index (χ2n) is 5.86. The standard InChI is InChI=1S/C19H16N2.C3H6O2/c1-20-14-18(15-7-3-2-4-8-15)17-13-16(9-10-19(17)20)21-11-5-6-12-21;1-2-5-3-4/h2-14H,1H3;3H,2H2,1H3. The molecule has 2 aromatic heterocycles. The summed E-state index contributed by atoms with van der Waals surface area (Å²) in [6.07, 6.45) is 6.36. The van der Waals surface area contributed by atoms with Gasteiger partial charge in [0.2, 0.25) is 0 Å². The van der Waals surface area contributed by atoms with Gasteiger partial charge in [0.05, 0.1) is 6.61 Å². The molecule has 26 heavy (non-hydrogen) atoms. The minimum Gasteiger partial charge on any atom is -0.468 e. The number of carbonyl (C=O) groups excluding carboxylic acids is 1. The smallest absolute Gasteiger partial charge is 0.293 e. The van der Waals surface area contributed by atoms with Crippen LogP contribution in [0.25, 0.3) is 27.7 Å². The minimum atomic E-state index is 0.431. The average Bonchev–Trinajstić information content (AvgIpc) is 3.32. The molecule has 0 spiro atoms. The number of nitrogens with zero attached hydrogens (tertiary/aromatic N) is 2. The summed E-state index contributed by atoms with van der Waals surface area (Å²) in [6, 6.07) is 21.3. The van der Waals surface area contributed by atoms with Crippen molar-refractivity contribution in [3.63, 3.8) is 0 Å². The van der Waals surface area contributed by atoms with Crippen molar-refractivity contribution in [1.29, 1.82) is 0 Å². The van der Waals surface area contributed by atoms with Gasteiger partial charge >= 0.3 is 0 Å². The Morgan fingerprint density at radius 2 is 1.73 bits per heavy atom. The zero-order chi connectivity index (χ0) is 18.4. The van der Waals surface area contributed by atoms with Crippen LogP contribution >= 0.6 is 0 Å². The van der Waals surface area contributed by atoms with Crippen molar-refractivity contribution in [2.24, 2.45) is 7.05 Å². The number of hydrogen-bond acceptors (Lipinski definition) is 2. The van der Waals surface area contributed by atoms with E-state index < -0.39 is 0 Å². The van der Waals surface area contributed by atoms with Crippen molar-refractivity contribution in [3.8, 4) is 16.8 Å². The van der Waals surface area contributed by atoms with Gasteiger partial charge in [-0.05, 0) is 42.8 Å². The SMILES string of the molecule is CCOC=O.Cn1cc(-c2ccccc2)c2cc(-n3cccc3)ccc21. The Labute approximate surface area is 153 Å². The van der Waals surface area contributed by atoms with Gasteiger partial charge in [-0.15, -0.1) is 0 Å². The first-order valence-electron chi connectivity index (χ1n) is 8.57.